The van der Waals surface area contributed by atoms with Gasteiger partial charge >= 0.3 is 6.09 Å². The summed E-state index contributed by atoms with van der Waals surface area (Å²) in [6, 6.07) is 8.46. The summed E-state index contributed by atoms with van der Waals surface area (Å²) >= 11 is 0. The lowest BCUT2D eigenvalue weighted by atomic mass is 10.2. The molecule has 5 nitrogen and oxygen atoms in total. The van der Waals surface area contributed by atoms with Crippen LogP contribution in [0.25, 0.3) is 0 Å². The zero-order valence-electron chi connectivity index (χ0n) is 6.64. The largest absolute Gasteiger partial charge is 0.465 e. The van der Waals surface area contributed by atoms with E-state index in [1.807, 2.05) is 5.32 Å². The van der Waals surface area contributed by atoms with Crippen LogP contribution >= 0.6 is 0 Å². The van der Waals surface area contributed by atoms with Crippen LogP contribution in [-0.2, 0) is 0 Å². The minimum atomic E-state index is -1.27. The number of oxime groups is 1. The first-order valence-electron chi connectivity index (χ1n) is 3.51. The van der Waals surface area contributed by atoms with Gasteiger partial charge in [-0.15, -0.1) is 0 Å². The molecule has 0 fully saturated rings. The predicted octanol–water partition coefficient (Wildman–Crippen LogP) is 1.09. The molecule has 1 aromatic carbocycles. The number of benzene rings is 1. The average Bonchev–Trinajstić information content (AvgIpc) is 2.15. The maximum atomic E-state index is 10.2. The van der Waals surface area contributed by atoms with Gasteiger partial charge in [-0.25, -0.2) is 4.79 Å². The van der Waals surface area contributed by atoms with E-state index >= 15 is 0 Å². The second-order valence-electron chi connectivity index (χ2n) is 2.24. The third-order valence-corrected chi connectivity index (χ3v) is 1.37. The van der Waals surface area contributed by atoms with Gasteiger partial charge in [-0.3, -0.25) is 5.32 Å². The molecule has 0 bridgehead atoms. The first-order valence-corrected chi connectivity index (χ1v) is 3.51. The number of amides is 1. The molecule has 1 amide bonds. The molecule has 0 heterocycles. The van der Waals surface area contributed by atoms with E-state index in [0.29, 0.717) is 5.56 Å². The van der Waals surface area contributed by atoms with Gasteiger partial charge in [0.05, 0.1) is 0 Å². The molecular formula is C8H8N2O3. The molecule has 0 saturated heterocycles. The lowest BCUT2D eigenvalue weighted by Gasteiger charge is -2.02. The van der Waals surface area contributed by atoms with E-state index in [9.17, 15) is 4.79 Å². The van der Waals surface area contributed by atoms with Crippen molar-refractivity contribution >= 4 is 11.9 Å². The molecule has 0 spiro atoms. The number of carboxylic acid groups (broad SMARTS) is 1. The first-order chi connectivity index (χ1) is 6.24. The fourth-order valence-corrected chi connectivity index (χ4v) is 0.852. The Morgan fingerprint density at radius 1 is 1.31 bits per heavy atom. The van der Waals surface area contributed by atoms with Crippen molar-refractivity contribution in [2.75, 3.05) is 0 Å². The number of rotatable bonds is 1. The molecule has 1 rings (SSSR count). The van der Waals surface area contributed by atoms with Crippen LogP contribution < -0.4 is 5.32 Å². The Bertz CT molecular complexity index is 321. The summed E-state index contributed by atoms with van der Waals surface area (Å²) in [5.41, 5.74) is 0.507. The highest BCUT2D eigenvalue weighted by Crippen LogP contribution is 1.98. The Morgan fingerprint density at radius 3 is 2.38 bits per heavy atom. The van der Waals surface area contributed by atoms with Gasteiger partial charge in [0.1, 0.15) is 0 Å². The number of hydrogen-bond donors (Lipinski definition) is 3. The van der Waals surface area contributed by atoms with Crippen LogP contribution in [0.1, 0.15) is 5.56 Å². The van der Waals surface area contributed by atoms with Crippen LogP contribution in [0, 0.1) is 0 Å². The number of carbonyl (C=O) groups is 1. The number of nitrogens with zero attached hydrogens (tertiary/aromatic N) is 1. The molecule has 3 N–H and O–H groups in total. The molecule has 13 heavy (non-hydrogen) atoms. The van der Waals surface area contributed by atoms with Crippen molar-refractivity contribution < 1.29 is 15.1 Å². The lowest BCUT2D eigenvalue weighted by Crippen LogP contribution is -2.29. The second-order valence-corrected chi connectivity index (χ2v) is 2.24. The van der Waals surface area contributed by atoms with Crippen LogP contribution in [-0.4, -0.2) is 22.2 Å². The van der Waals surface area contributed by atoms with E-state index in [0.717, 1.165) is 0 Å². The summed E-state index contributed by atoms with van der Waals surface area (Å²) in [5, 5.41) is 21.6. The van der Waals surface area contributed by atoms with E-state index in [1.165, 1.54) is 0 Å². The van der Waals surface area contributed by atoms with Gasteiger partial charge in [-0.05, 0) is 0 Å². The first kappa shape index (κ1) is 9.05. The highest BCUT2D eigenvalue weighted by molar-refractivity contribution is 6.05. The molecular weight excluding hydrogens is 172 g/mol. The molecule has 0 aliphatic heterocycles. The van der Waals surface area contributed by atoms with Crippen molar-refractivity contribution in [3.8, 4) is 0 Å². The highest BCUT2D eigenvalue weighted by atomic mass is 16.4. The Morgan fingerprint density at radius 2 is 1.92 bits per heavy atom. The minimum Gasteiger partial charge on any atom is -0.465 e. The van der Waals surface area contributed by atoms with E-state index in [4.69, 9.17) is 10.3 Å². The van der Waals surface area contributed by atoms with E-state index in [2.05, 4.69) is 5.16 Å². The molecule has 0 atom stereocenters. The highest BCUT2D eigenvalue weighted by Gasteiger charge is 2.05. The summed E-state index contributed by atoms with van der Waals surface area (Å²) in [6.45, 7) is 0. The van der Waals surface area contributed by atoms with Crippen molar-refractivity contribution in [1.29, 1.82) is 0 Å². The Labute approximate surface area is 74.3 Å². The number of hydrogen-bond acceptors (Lipinski definition) is 3. The Hall–Kier alpha value is -2.04. The van der Waals surface area contributed by atoms with Gasteiger partial charge in [-0.1, -0.05) is 35.5 Å². The SMILES string of the molecule is O=C(O)N/C(=N/O)c1ccccc1. The molecule has 0 aliphatic carbocycles. The summed E-state index contributed by atoms with van der Waals surface area (Å²) in [4.78, 5) is 10.2. The number of amidine groups is 1. The maximum absolute atomic E-state index is 10.2. The van der Waals surface area contributed by atoms with E-state index in [1.54, 1.807) is 30.3 Å². The summed E-state index contributed by atoms with van der Waals surface area (Å²) < 4.78 is 0. The molecule has 0 aromatic heterocycles. The molecule has 68 valence electrons. The molecule has 1 aromatic rings. The minimum absolute atomic E-state index is 0.0897. The van der Waals surface area contributed by atoms with Crippen molar-refractivity contribution in [1.82, 2.24) is 5.32 Å². The van der Waals surface area contributed by atoms with Crippen LogP contribution in [0.5, 0.6) is 0 Å². The van der Waals surface area contributed by atoms with Gasteiger partial charge in [0, 0.05) is 5.56 Å². The Kier molecular flexibility index (Phi) is 2.86. The van der Waals surface area contributed by atoms with Crippen LogP contribution in [0.2, 0.25) is 0 Å². The topological polar surface area (TPSA) is 81.9 Å². The van der Waals surface area contributed by atoms with Crippen LogP contribution in [0.4, 0.5) is 4.79 Å². The quantitative estimate of drug-likeness (QED) is 0.262. The predicted molar refractivity (Wildman–Crippen MR) is 45.9 cm³/mol. The lowest BCUT2D eigenvalue weighted by molar-refractivity contribution is 0.199. The third kappa shape index (κ3) is 2.48. The van der Waals surface area contributed by atoms with Crippen molar-refractivity contribution in [2.45, 2.75) is 0 Å². The fraction of sp³-hybridized carbons (Fsp3) is 0. The van der Waals surface area contributed by atoms with Crippen LogP contribution in [0.15, 0.2) is 35.5 Å². The zero-order chi connectivity index (χ0) is 9.68. The zero-order valence-corrected chi connectivity index (χ0v) is 6.64. The van der Waals surface area contributed by atoms with E-state index < -0.39 is 6.09 Å². The fourth-order valence-electron chi connectivity index (χ4n) is 0.852. The molecule has 0 saturated carbocycles. The van der Waals surface area contributed by atoms with Crippen molar-refractivity contribution in [2.24, 2.45) is 5.16 Å². The smallest absolute Gasteiger partial charge is 0.410 e. The van der Waals surface area contributed by atoms with Gasteiger partial charge < -0.3 is 10.3 Å². The van der Waals surface area contributed by atoms with Gasteiger partial charge in [0.2, 0.25) is 0 Å². The molecule has 0 unspecified atom stereocenters. The molecule has 0 aliphatic rings. The van der Waals surface area contributed by atoms with Gasteiger partial charge in [-0.2, -0.15) is 0 Å². The third-order valence-electron chi connectivity index (χ3n) is 1.37. The normalized spacial score (nSPS) is 10.9. The number of nitrogens with one attached hydrogen (secondary N) is 1. The van der Waals surface area contributed by atoms with Crippen LogP contribution in [0.3, 0.4) is 0 Å². The van der Waals surface area contributed by atoms with Gasteiger partial charge in [0.25, 0.3) is 0 Å². The van der Waals surface area contributed by atoms with Gasteiger partial charge in [0.15, 0.2) is 5.84 Å². The molecule has 5 heteroatoms. The second kappa shape index (κ2) is 4.10. The maximum Gasteiger partial charge on any atom is 0.410 e. The Balaban J connectivity index is 2.86. The summed E-state index contributed by atoms with van der Waals surface area (Å²) in [7, 11) is 0. The summed E-state index contributed by atoms with van der Waals surface area (Å²) in [6.07, 6.45) is -1.27. The average molecular weight is 180 g/mol. The summed E-state index contributed by atoms with van der Waals surface area (Å²) in [5.74, 6) is -0.0897. The van der Waals surface area contributed by atoms with Crippen molar-refractivity contribution in [3.63, 3.8) is 0 Å². The van der Waals surface area contributed by atoms with E-state index in [-0.39, 0.29) is 5.84 Å². The van der Waals surface area contributed by atoms with Crippen molar-refractivity contribution in [3.05, 3.63) is 35.9 Å². The monoisotopic (exact) mass is 180 g/mol. The standard InChI is InChI=1S/C8H8N2O3/c11-8(12)9-7(10-13)6-4-2-1-3-5-6/h1-5,13H,(H,9,10)(H,11,12). The molecule has 0 radical (unpaired) electrons.